The normalized spacial score (nSPS) is 10.7. The molecule has 2 rings (SSSR count). The molecule has 0 aromatic carbocycles. The number of amides is 1. The fourth-order valence-corrected chi connectivity index (χ4v) is 3.85. The fraction of sp³-hybridized carbons (Fsp3) is 0.615. The van der Waals surface area contributed by atoms with Crippen LogP contribution in [0.5, 0.6) is 0 Å². The summed E-state index contributed by atoms with van der Waals surface area (Å²) in [6.07, 6.45) is 23.3. The molecule has 0 saturated heterocycles. The molecule has 0 spiro atoms. The molecule has 8 heteroatoms. The van der Waals surface area contributed by atoms with Crippen LogP contribution in [0, 0.1) is 0 Å². The number of anilines is 3. The zero-order valence-corrected chi connectivity index (χ0v) is 20.8. The van der Waals surface area contributed by atoms with Gasteiger partial charge in [0.1, 0.15) is 12.0 Å². The first-order valence-corrected chi connectivity index (χ1v) is 13.0. The third kappa shape index (κ3) is 11.3. The van der Waals surface area contributed by atoms with E-state index in [0.717, 1.165) is 13.0 Å². The van der Waals surface area contributed by atoms with Gasteiger partial charge in [-0.1, -0.05) is 90.4 Å². The summed E-state index contributed by atoms with van der Waals surface area (Å²) in [5.74, 6) is 0.642. The van der Waals surface area contributed by atoms with Gasteiger partial charge in [0.25, 0.3) is 5.91 Å². The zero-order chi connectivity index (χ0) is 24.3. The number of carbonyl (C=O) groups is 1. The van der Waals surface area contributed by atoms with E-state index in [1.165, 1.54) is 89.8 Å². The van der Waals surface area contributed by atoms with Gasteiger partial charge >= 0.3 is 0 Å². The number of nitrogen functional groups attached to an aromatic ring is 1. The van der Waals surface area contributed by atoms with Crippen molar-refractivity contribution in [2.75, 3.05) is 23.0 Å². The standard InChI is InChI=1S/C26H43N7O/c1-2-3-4-5-6-7-8-9-10-11-12-13-14-15-18-29-24-23(27)25(31-21-30-24)32-33-26(34)22-16-19-28-20-17-22/h16-17,19-21H,2-15,18,27H2,1H3,(H,33,34)(H2,29,30,31,32). The number of hydrogen-bond donors (Lipinski definition) is 4. The Hall–Kier alpha value is -2.90. The predicted molar refractivity (Wildman–Crippen MR) is 141 cm³/mol. The molecule has 34 heavy (non-hydrogen) atoms. The highest BCUT2D eigenvalue weighted by molar-refractivity contribution is 5.95. The number of aromatic nitrogens is 3. The first-order chi connectivity index (χ1) is 16.7. The van der Waals surface area contributed by atoms with Crippen LogP contribution in [-0.4, -0.2) is 27.4 Å². The van der Waals surface area contributed by atoms with E-state index < -0.39 is 0 Å². The third-order valence-corrected chi connectivity index (χ3v) is 5.94. The lowest BCUT2D eigenvalue weighted by atomic mass is 10.0. The van der Waals surface area contributed by atoms with Gasteiger partial charge in [0.05, 0.1) is 0 Å². The van der Waals surface area contributed by atoms with Crippen molar-refractivity contribution in [3.8, 4) is 0 Å². The molecule has 0 aliphatic rings. The maximum Gasteiger partial charge on any atom is 0.269 e. The summed E-state index contributed by atoms with van der Waals surface area (Å²) in [5, 5.41) is 3.28. The number of nitrogens with two attached hydrogens (primary N) is 1. The van der Waals surface area contributed by atoms with Crippen molar-refractivity contribution in [3.05, 3.63) is 36.4 Å². The molecule has 2 heterocycles. The van der Waals surface area contributed by atoms with E-state index in [4.69, 9.17) is 5.73 Å². The monoisotopic (exact) mass is 469 g/mol. The number of rotatable bonds is 19. The van der Waals surface area contributed by atoms with Gasteiger partial charge in [0.15, 0.2) is 11.6 Å². The summed E-state index contributed by atoms with van der Waals surface area (Å²) in [5.41, 5.74) is 12.4. The molecular weight excluding hydrogens is 426 g/mol. The zero-order valence-electron chi connectivity index (χ0n) is 20.8. The average Bonchev–Trinajstić information content (AvgIpc) is 2.87. The van der Waals surface area contributed by atoms with Crippen LogP contribution in [-0.2, 0) is 0 Å². The SMILES string of the molecule is CCCCCCCCCCCCCCCCNc1ncnc(NNC(=O)c2ccncc2)c1N. The lowest BCUT2D eigenvalue weighted by Gasteiger charge is -2.13. The lowest BCUT2D eigenvalue weighted by molar-refractivity contribution is 0.0962. The van der Waals surface area contributed by atoms with E-state index >= 15 is 0 Å². The number of pyridine rings is 1. The lowest BCUT2D eigenvalue weighted by Crippen LogP contribution is -2.30. The van der Waals surface area contributed by atoms with Gasteiger partial charge in [-0.3, -0.25) is 20.6 Å². The topological polar surface area (TPSA) is 118 Å². The Balaban J connectivity index is 1.51. The van der Waals surface area contributed by atoms with Crippen LogP contribution in [0.4, 0.5) is 17.3 Å². The van der Waals surface area contributed by atoms with Crippen LogP contribution in [0.3, 0.4) is 0 Å². The summed E-state index contributed by atoms with van der Waals surface area (Å²) in [4.78, 5) is 24.4. The molecule has 1 amide bonds. The van der Waals surface area contributed by atoms with Crippen LogP contribution in [0.1, 0.15) is 107 Å². The molecule has 0 saturated carbocycles. The molecule has 2 aromatic heterocycles. The van der Waals surface area contributed by atoms with Crippen LogP contribution in [0.25, 0.3) is 0 Å². The van der Waals surface area contributed by atoms with Crippen LogP contribution in [0.2, 0.25) is 0 Å². The van der Waals surface area contributed by atoms with Crippen molar-refractivity contribution in [2.24, 2.45) is 0 Å². The Kier molecular flexibility index (Phi) is 14.1. The van der Waals surface area contributed by atoms with Crippen molar-refractivity contribution >= 4 is 23.2 Å². The molecule has 0 radical (unpaired) electrons. The summed E-state index contributed by atoms with van der Waals surface area (Å²) in [6.45, 7) is 3.08. The van der Waals surface area contributed by atoms with E-state index in [1.807, 2.05) is 0 Å². The molecule has 2 aromatic rings. The third-order valence-electron chi connectivity index (χ3n) is 5.94. The summed E-state index contributed by atoms with van der Waals surface area (Å²) >= 11 is 0. The molecule has 188 valence electrons. The number of nitrogens with one attached hydrogen (secondary N) is 3. The first kappa shape index (κ1) is 27.3. The van der Waals surface area contributed by atoms with E-state index in [-0.39, 0.29) is 5.91 Å². The van der Waals surface area contributed by atoms with Crippen molar-refractivity contribution in [1.82, 2.24) is 20.4 Å². The van der Waals surface area contributed by atoms with Gasteiger partial charge in [-0.25, -0.2) is 9.97 Å². The minimum atomic E-state index is -0.294. The highest BCUT2D eigenvalue weighted by Gasteiger charge is 2.10. The van der Waals surface area contributed by atoms with E-state index in [1.54, 1.807) is 24.5 Å². The van der Waals surface area contributed by atoms with Gasteiger partial charge in [-0.2, -0.15) is 0 Å². The minimum absolute atomic E-state index is 0.294. The predicted octanol–water partition coefficient (Wildman–Crippen LogP) is 6.10. The minimum Gasteiger partial charge on any atom is -0.393 e. The van der Waals surface area contributed by atoms with Crippen molar-refractivity contribution in [3.63, 3.8) is 0 Å². The second kappa shape index (κ2) is 17.6. The molecule has 5 N–H and O–H groups in total. The second-order valence-electron chi connectivity index (χ2n) is 8.82. The molecular formula is C26H43N7O. The molecule has 0 atom stereocenters. The highest BCUT2D eigenvalue weighted by atomic mass is 16.2. The van der Waals surface area contributed by atoms with Crippen LogP contribution in [0.15, 0.2) is 30.9 Å². The van der Waals surface area contributed by atoms with Gasteiger partial charge < -0.3 is 11.1 Å². The number of hydrogen-bond acceptors (Lipinski definition) is 7. The van der Waals surface area contributed by atoms with E-state index in [9.17, 15) is 4.79 Å². The van der Waals surface area contributed by atoms with Crippen LogP contribution < -0.4 is 21.9 Å². The molecule has 0 aliphatic carbocycles. The first-order valence-electron chi connectivity index (χ1n) is 13.0. The van der Waals surface area contributed by atoms with Crippen molar-refractivity contribution in [2.45, 2.75) is 96.8 Å². The Morgan fingerprint density at radius 3 is 1.91 bits per heavy atom. The summed E-state index contributed by atoms with van der Waals surface area (Å²) in [6, 6.07) is 3.26. The van der Waals surface area contributed by atoms with Gasteiger partial charge in [0.2, 0.25) is 0 Å². The molecule has 8 nitrogen and oxygen atoms in total. The quantitative estimate of drug-likeness (QED) is 0.145. The summed E-state index contributed by atoms with van der Waals surface area (Å²) in [7, 11) is 0. The number of unbranched alkanes of at least 4 members (excludes halogenated alkanes) is 13. The Morgan fingerprint density at radius 1 is 0.794 bits per heavy atom. The molecule has 0 aliphatic heterocycles. The smallest absolute Gasteiger partial charge is 0.269 e. The van der Waals surface area contributed by atoms with Crippen LogP contribution >= 0.6 is 0 Å². The van der Waals surface area contributed by atoms with Gasteiger partial charge in [0, 0.05) is 24.5 Å². The van der Waals surface area contributed by atoms with Gasteiger partial charge in [-0.05, 0) is 18.6 Å². The van der Waals surface area contributed by atoms with E-state index in [2.05, 4.69) is 38.0 Å². The highest BCUT2D eigenvalue weighted by Crippen LogP contribution is 2.22. The molecule has 0 bridgehead atoms. The largest absolute Gasteiger partial charge is 0.393 e. The maximum absolute atomic E-state index is 12.1. The second-order valence-corrected chi connectivity index (χ2v) is 8.82. The maximum atomic E-state index is 12.1. The Morgan fingerprint density at radius 2 is 1.32 bits per heavy atom. The average molecular weight is 470 g/mol. The van der Waals surface area contributed by atoms with Crippen molar-refractivity contribution in [1.29, 1.82) is 0 Å². The number of hydrazine groups is 1. The number of carbonyl (C=O) groups excluding carboxylic acids is 1. The summed E-state index contributed by atoms with van der Waals surface area (Å²) < 4.78 is 0. The van der Waals surface area contributed by atoms with E-state index in [0.29, 0.717) is 22.9 Å². The molecule has 0 unspecified atom stereocenters. The molecule has 0 fully saturated rings. The Bertz CT molecular complexity index is 801. The Labute approximate surface area is 204 Å². The van der Waals surface area contributed by atoms with Crippen molar-refractivity contribution < 1.29 is 4.79 Å². The number of nitrogens with zero attached hydrogens (tertiary/aromatic N) is 3. The van der Waals surface area contributed by atoms with Gasteiger partial charge in [-0.15, -0.1) is 0 Å². The fourth-order valence-electron chi connectivity index (χ4n) is 3.85.